The van der Waals surface area contributed by atoms with Crippen LogP contribution in [0.4, 0.5) is 20.3 Å². The standard InChI is InChI=1S/C22H18F2N4O2/c1-27-18-7-12(2-3-13(18)8-19(27)29)17-9-26-20(25)15-5-4-14(6-16(15)17)21(30)28-10-22(23,24)11-28/h2-7,9H,8,10-11H2,1H3,(H2,25,26). The number of nitrogens with zero attached hydrogens (tertiary/aromatic N) is 3. The highest BCUT2D eigenvalue weighted by Crippen LogP contribution is 2.37. The maximum Gasteiger partial charge on any atom is 0.282 e. The van der Waals surface area contributed by atoms with Crippen molar-refractivity contribution in [2.45, 2.75) is 12.3 Å². The van der Waals surface area contributed by atoms with Gasteiger partial charge in [0.25, 0.3) is 11.8 Å². The van der Waals surface area contributed by atoms with E-state index in [0.29, 0.717) is 28.6 Å². The molecule has 2 N–H and O–H groups in total. The number of likely N-dealkylation sites (tertiary alicyclic amines) is 1. The number of halogens is 2. The molecular weight excluding hydrogens is 390 g/mol. The lowest BCUT2D eigenvalue weighted by molar-refractivity contribution is -0.117. The number of nitrogens with two attached hydrogens (primary N) is 1. The molecule has 5 rings (SSSR count). The first-order valence-corrected chi connectivity index (χ1v) is 9.49. The van der Waals surface area contributed by atoms with E-state index in [1.165, 1.54) is 0 Å². The quantitative estimate of drug-likeness (QED) is 0.707. The maximum atomic E-state index is 13.2. The summed E-state index contributed by atoms with van der Waals surface area (Å²) in [7, 11) is 1.73. The topological polar surface area (TPSA) is 79.5 Å². The molecule has 3 heterocycles. The number of nitrogen functional groups attached to an aromatic ring is 1. The van der Waals surface area contributed by atoms with Crippen molar-refractivity contribution in [3.8, 4) is 11.1 Å². The summed E-state index contributed by atoms with van der Waals surface area (Å²) < 4.78 is 26.4. The summed E-state index contributed by atoms with van der Waals surface area (Å²) in [5.74, 6) is -2.92. The van der Waals surface area contributed by atoms with E-state index in [0.717, 1.165) is 27.3 Å². The van der Waals surface area contributed by atoms with Gasteiger partial charge in [-0.25, -0.2) is 13.8 Å². The van der Waals surface area contributed by atoms with Gasteiger partial charge in [0.05, 0.1) is 19.5 Å². The lowest BCUT2D eigenvalue weighted by Gasteiger charge is -2.38. The summed E-state index contributed by atoms with van der Waals surface area (Å²) in [5, 5.41) is 1.37. The number of carbonyl (C=O) groups excluding carboxylic acids is 2. The van der Waals surface area contributed by atoms with Crippen molar-refractivity contribution in [3.05, 3.63) is 53.7 Å². The summed E-state index contributed by atoms with van der Waals surface area (Å²) in [6, 6.07) is 10.7. The Balaban J connectivity index is 1.60. The molecule has 0 bridgehead atoms. The fraction of sp³-hybridized carbons (Fsp3) is 0.227. The first-order valence-electron chi connectivity index (χ1n) is 9.49. The summed E-state index contributed by atoms with van der Waals surface area (Å²) in [6.07, 6.45) is 1.99. The largest absolute Gasteiger partial charge is 0.383 e. The van der Waals surface area contributed by atoms with E-state index < -0.39 is 24.9 Å². The van der Waals surface area contributed by atoms with Crippen molar-refractivity contribution < 1.29 is 18.4 Å². The number of alkyl halides is 2. The van der Waals surface area contributed by atoms with Gasteiger partial charge in [-0.15, -0.1) is 0 Å². The van der Waals surface area contributed by atoms with Gasteiger partial charge in [0.15, 0.2) is 0 Å². The summed E-state index contributed by atoms with van der Waals surface area (Å²) in [6.45, 7) is -1.14. The predicted molar refractivity (Wildman–Crippen MR) is 110 cm³/mol. The zero-order chi connectivity index (χ0) is 21.2. The molecule has 0 aliphatic carbocycles. The molecule has 0 spiro atoms. The normalized spacial score (nSPS) is 17.2. The van der Waals surface area contributed by atoms with E-state index in [9.17, 15) is 18.4 Å². The van der Waals surface area contributed by atoms with Crippen LogP contribution in [0.2, 0.25) is 0 Å². The molecule has 3 aromatic rings. The number of aromatic nitrogens is 1. The Kier molecular flexibility index (Phi) is 3.83. The number of benzene rings is 2. The molecule has 6 nitrogen and oxygen atoms in total. The second kappa shape index (κ2) is 6.22. The molecule has 2 amide bonds. The van der Waals surface area contributed by atoms with Gasteiger partial charge in [0.2, 0.25) is 5.91 Å². The van der Waals surface area contributed by atoms with Crippen molar-refractivity contribution in [1.82, 2.24) is 9.88 Å². The smallest absolute Gasteiger partial charge is 0.282 e. The number of hydrogen-bond donors (Lipinski definition) is 1. The molecule has 0 unspecified atom stereocenters. The maximum absolute atomic E-state index is 13.2. The fourth-order valence-corrected chi connectivity index (χ4v) is 4.07. The summed E-state index contributed by atoms with van der Waals surface area (Å²) >= 11 is 0. The highest BCUT2D eigenvalue weighted by molar-refractivity contribution is 6.07. The number of rotatable bonds is 2. The van der Waals surface area contributed by atoms with Gasteiger partial charge in [0, 0.05) is 35.4 Å². The Labute approximate surface area is 170 Å². The lowest BCUT2D eigenvalue weighted by Crippen LogP contribution is -2.58. The number of likely N-dealkylation sites (N-methyl/N-ethyl adjacent to an activating group) is 1. The van der Waals surface area contributed by atoms with Crippen LogP contribution in [0.15, 0.2) is 42.6 Å². The molecule has 1 fully saturated rings. The van der Waals surface area contributed by atoms with Crippen LogP contribution in [0.1, 0.15) is 15.9 Å². The Bertz CT molecular complexity index is 1230. The Hall–Kier alpha value is -3.55. The zero-order valence-corrected chi connectivity index (χ0v) is 16.2. The molecule has 2 aromatic carbocycles. The number of pyridine rings is 1. The Morgan fingerprint density at radius 1 is 1.13 bits per heavy atom. The van der Waals surface area contributed by atoms with E-state index in [1.807, 2.05) is 18.2 Å². The first-order chi connectivity index (χ1) is 14.2. The van der Waals surface area contributed by atoms with Gasteiger partial charge in [0.1, 0.15) is 5.82 Å². The minimum Gasteiger partial charge on any atom is -0.383 e. The summed E-state index contributed by atoms with van der Waals surface area (Å²) in [5.41, 5.74) is 9.71. The molecule has 1 aromatic heterocycles. The average Bonchev–Trinajstić information content (AvgIpc) is 2.99. The molecular formula is C22H18F2N4O2. The van der Waals surface area contributed by atoms with E-state index >= 15 is 0 Å². The van der Waals surface area contributed by atoms with Crippen molar-refractivity contribution in [2.75, 3.05) is 30.8 Å². The van der Waals surface area contributed by atoms with E-state index in [-0.39, 0.29) is 5.91 Å². The van der Waals surface area contributed by atoms with Gasteiger partial charge in [-0.05, 0) is 40.8 Å². The van der Waals surface area contributed by atoms with Crippen LogP contribution in [-0.4, -0.2) is 47.8 Å². The highest BCUT2D eigenvalue weighted by atomic mass is 19.3. The SMILES string of the molecule is CN1C(=O)Cc2ccc(-c3cnc(N)c4ccc(C(=O)N5CC(F)(F)C5)cc34)cc21. The van der Waals surface area contributed by atoms with E-state index in [4.69, 9.17) is 5.73 Å². The minimum atomic E-state index is -2.82. The molecule has 0 radical (unpaired) electrons. The van der Waals surface area contributed by atoms with Crippen LogP contribution in [0.5, 0.6) is 0 Å². The Morgan fingerprint density at radius 2 is 1.90 bits per heavy atom. The van der Waals surface area contributed by atoms with Crippen molar-refractivity contribution >= 4 is 34.1 Å². The van der Waals surface area contributed by atoms with Crippen molar-refractivity contribution in [3.63, 3.8) is 0 Å². The average molecular weight is 408 g/mol. The molecule has 2 aliphatic rings. The zero-order valence-electron chi connectivity index (χ0n) is 16.2. The van der Waals surface area contributed by atoms with Gasteiger partial charge >= 0.3 is 0 Å². The van der Waals surface area contributed by atoms with Crippen LogP contribution < -0.4 is 10.6 Å². The van der Waals surface area contributed by atoms with Crippen LogP contribution in [0, 0.1) is 0 Å². The Morgan fingerprint density at radius 3 is 2.63 bits per heavy atom. The van der Waals surface area contributed by atoms with Gasteiger partial charge in [-0.2, -0.15) is 0 Å². The van der Waals surface area contributed by atoms with Crippen LogP contribution >= 0.6 is 0 Å². The number of anilines is 2. The number of fused-ring (bicyclic) bond motifs is 2. The fourth-order valence-electron chi connectivity index (χ4n) is 4.07. The van der Waals surface area contributed by atoms with Crippen molar-refractivity contribution in [1.29, 1.82) is 0 Å². The molecule has 0 atom stereocenters. The predicted octanol–water partition coefficient (Wildman–Crippen LogP) is 3.09. The molecule has 2 aliphatic heterocycles. The van der Waals surface area contributed by atoms with Crippen LogP contribution in [0.3, 0.4) is 0 Å². The van der Waals surface area contributed by atoms with Gasteiger partial charge in [-0.1, -0.05) is 12.1 Å². The van der Waals surface area contributed by atoms with Crippen molar-refractivity contribution in [2.24, 2.45) is 0 Å². The second-order valence-corrected chi connectivity index (χ2v) is 7.81. The van der Waals surface area contributed by atoms with E-state index in [2.05, 4.69) is 4.98 Å². The number of hydrogen-bond acceptors (Lipinski definition) is 4. The molecule has 30 heavy (non-hydrogen) atoms. The van der Waals surface area contributed by atoms with Crippen LogP contribution in [-0.2, 0) is 11.2 Å². The third kappa shape index (κ3) is 2.79. The summed E-state index contributed by atoms with van der Waals surface area (Å²) in [4.78, 5) is 31.6. The molecule has 152 valence electrons. The second-order valence-electron chi connectivity index (χ2n) is 7.81. The lowest BCUT2D eigenvalue weighted by atomic mass is 9.96. The van der Waals surface area contributed by atoms with Gasteiger partial charge in [-0.3, -0.25) is 9.59 Å². The molecule has 0 saturated carbocycles. The number of carbonyl (C=O) groups is 2. The van der Waals surface area contributed by atoms with Crippen LogP contribution in [0.25, 0.3) is 21.9 Å². The molecule has 1 saturated heterocycles. The molecule has 8 heteroatoms. The van der Waals surface area contributed by atoms with Gasteiger partial charge < -0.3 is 15.5 Å². The first kappa shape index (κ1) is 18.5. The third-order valence-electron chi connectivity index (χ3n) is 5.77. The number of amides is 2. The minimum absolute atomic E-state index is 0.0293. The monoisotopic (exact) mass is 408 g/mol. The van der Waals surface area contributed by atoms with E-state index in [1.54, 1.807) is 36.3 Å². The highest BCUT2D eigenvalue weighted by Gasteiger charge is 2.46. The third-order valence-corrected chi connectivity index (χ3v) is 5.77.